The quantitative estimate of drug-likeness (QED) is 0.180. The molecule has 0 aromatic carbocycles. The summed E-state index contributed by atoms with van der Waals surface area (Å²) >= 11 is 0. The van der Waals surface area contributed by atoms with Crippen molar-refractivity contribution in [2.24, 2.45) is 22.9 Å². The molecule has 0 spiro atoms. The highest BCUT2D eigenvalue weighted by Gasteiger charge is 2.47. The molecule has 4 aliphatic carbocycles. The van der Waals surface area contributed by atoms with Crippen molar-refractivity contribution in [2.45, 2.75) is 183 Å². The zero-order valence-corrected chi connectivity index (χ0v) is 30.2. The topological polar surface area (TPSA) is 308 Å². The van der Waals surface area contributed by atoms with E-state index in [4.69, 9.17) is 47.2 Å². The Balaban J connectivity index is 0.000000335. The van der Waals surface area contributed by atoms with E-state index in [1.165, 1.54) is 128 Å². The highest BCUT2D eigenvalue weighted by Crippen LogP contribution is 2.41. The highest BCUT2D eigenvalue weighted by atomic mass is 31.2. The van der Waals surface area contributed by atoms with Gasteiger partial charge in [-0.05, 0) is 51.4 Å². The summed E-state index contributed by atoms with van der Waals surface area (Å²) in [6.07, 6.45) is 17.3. The van der Waals surface area contributed by atoms with Crippen molar-refractivity contribution in [3.05, 3.63) is 0 Å². The summed E-state index contributed by atoms with van der Waals surface area (Å²) in [6.45, 7) is -0.907. The number of aliphatic hydroxyl groups excluding tert-OH is 3. The molecule has 18 heteroatoms. The monoisotopic (exact) mass is 736 g/mol. The van der Waals surface area contributed by atoms with E-state index in [0.29, 0.717) is 24.2 Å². The van der Waals surface area contributed by atoms with Gasteiger partial charge in [0.15, 0.2) is 6.29 Å². The minimum Gasteiger partial charge on any atom is -0.387 e. The molecule has 0 amide bonds. The lowest BCUT2D eigenvalue weighted by Crippen LogP contribution is -2.59. The van der Waals surface area contributed by atoms with Gasteiger partial charge in [0.05, 0.1) is 6.61 Å². The van der Waals surface area contributed by atoms with Crippen molar-refractivity contribution in [2.75, 3.05) is 6.61 Å². The second-order valence-corrected chi connectivity index (χ2v) is 15.9. The van der Waals surface area contributed by atoms with Crippen molar-refractivity contribution < 1.29 is 57.8 Å². The molecule has 0 bridgehead atoms. The van der Waals surface area contributed by atoms with Crippen LogP contribution >= 0.6 is 15.6 Å². The summed E-state index contributed by atoms with van der Waals surface area (Å²) in [5, 5.41) is 28.4. The van der Waals surface area contributed by atoms with Crippen molar-refractivity contribution >= 4 is 15.6 Å². The summed E-state index contributed by atoms with van der Waals surface area (Å²) in [6, 6.07) is 2.14. The SMILES string of the molecule is NC1CCCCC1.NC1CCCCC1.NC1CCCCC1.NC1CCCCC1.O=P(O)(O)OC[C@H]1O[C@H](OP(=O)(O)O)[C@H](O)[C@@H](O)[C@@H]1O. The van der Waals surface area contributed by atoms with Crippen molar-refractivity contribution in [3.8, 4) is 0 Å². The van der Waals surface area contributed by atoms with Gasteiger partial charge < -0.3 is 62.6 Å². The maximum absolute atomic E-state index is 10.6. The van der Waals surface area contributed by atoms with E-state index in [1.807, 2.05) is 0 Å². The van der Waals surface area contributed by atoms with E-state index >= 15 is 0 Å². The van der Waals surface area contributed by atoms with Gasteiger partial charge in [0.25, 0.3) is 0 Å². The van der Waals surface area contributed by atoms with Crippen LogP contribution in [0, 0.1) is 0 Å². The Hall–Kier alpha value is -0.100. The van der Waals surface area contributed by atoms with Crippen LogP contribution in [0.3, 0.4) is 0 Å². The fourth-order valence-corrected chi connectivity index (χ4v) is 6.77. The standard InChI is InChI=1S/4C6H13N.C6H14O12P2/c4*7-6-4-2-1-3-5-6;7-3-2(1-16-19(10,11)12)17-6(5(9)4(3)8)18-20(13,14)15/h4*6H,1-5,7H2;2-9H,1H2,(H2,10,11,12)(H2,13,14,15)/t;;;;2-,3-,4+,5-,6-/m....1/s1. The van der Waals surface area contributed by atoms with Crippen molar-refractivity contribution in [3.63, 3.8) is 0 Å². The van der Waals surface area contributed by atoms with Gasteiger partial charge in [0, 0.05) is 24.2 Å². The number of nitrogens with two attached hydrogens (primary N) is 4. The Bertz CT molecular complexity index is 827. The average Bonchev–Trinajstić information content (AvgIpc) is 3.02. The molecule has 5 rings (SSSR count). The molecule has 15 N–H and O–H groups in total. The number of phosphoric acid groups is 2. The fraction of sp³-hybridized carbons (Fsp3) is 1.00. The number of hydrogen-bond donors (Lipinski definition) is 11. The molecule has 1 saturated heterocycles. The first-order valence-corrected chi connectivity index (χ1v) is 20.7. The number of ether oxygens (including phenoxy) is 1. The summed E-state index contributed by atoms with van der Waals surface area (Å²) in [7, 11) is -9.95. The molecule has 5 aliphatic rings. The Morgan fingerprint density at radius 2 is 0.812 bits per heavy atom. The molecule has 4 saturated carbocycles. The minimum absolute atomic E-state index is 0.536. The maximum Gasteiger partial charge on any atom is 0.472 e. The first kappa shape index (κ1) is 45.9. The molecular formula is C30H66N4O12P2. The van der Waals surface area contributed by atoms with Crippen LogP contribution in [0.5, 0.6) is 0 Å². The van der Waals surface area contributed by atoms with Gasteiger partial charge in [-0.25, -0.2) is 9.13 Å². The Morgan fingerprint density at radius 1 is 0.500 bits per heavy atom. The molecule has 48 heavy (non-hydrogen) atoms. The van der Waals surface area contributed by atoms with E-state index in [2.05, 4.69) is 9.05 Å². The number of phosphoric ester groups is 2. The second-order valence-electron chi connectivity index (χ2n) is 13.5. The van der Waals surface area contributed by atoms with Gasteiger partial charge in [-0.2, -0.15) is 0 Å². The lowest BCUT2D eigenvalue weighted by atomic mass is 9.97. The molecule has 0 unspecified atom stereocenters. The van der Waals surface area contributed by atoms with Crippen molar-refractivity contribution in [1.29, 1.82) is 0 Å². The predicted molar refractivity (Wildman–Crippen MR) is 182 cm³/mol. The van der Waals surface area contributed by atoms with Gasteiger partial charge in [-0.15, -0.1) is 0 Å². The fourth-order valence-electron chi connectivity index (χ4n) is 5.98. The summed E-state index contributed by atoms with van der Waals surface area (Å²) < 4.78 is 33.9. The van der Waals surface area contributed by atoms with E-state index in [1.54, 1.807) is 0 Å². The molecule has 1 heterocycles. The van der Waals surface area contributed by atoms with Crippen LogP contribution < -0.4 is 22.9 Å². The molecule has 0 radical (unpaired) electrons. The van der Waals surface area contributed by atoms with Crippen molar-refractivity contribution in [1.82, 2.24) is 0 Å². The van der Waals surface area contributed by atoms with Crippen LogP contribution in [-0.4, -0.2) is 96.4 Å². The van der Waals surface area contributed by atoms with Gasteiger partial charge in [0.1, 0.15) is 24.4 Å². The smallest absolute Gasteiger partial charge is 0.387 e. The third-order valence-electron chi connectivity index (χ3n) is 8.92. The number of rotatable bonds is 5. The summed E-state index contributed by atoms with van der Waals surface area (Å²) in [4.78, 5) is 34.1. The van der Waals surface area contributed by atoms with Crippen LogP contribution in [0.15, 0.2) is 0 Å². The number of aliphatic hydroxyl groups is 3. The van der Waals surface area contributed by atoms with Crippen LogP contribution in [-0.2, 0) is 22.9 Å². The highest BCUT2D eigenvalue weighted by molar-refractivity contribution is 7.46. The van der Waals surface area contributed by atoms with Gasteiger partial charge in [-0.3, -0.25) is 9.05 Å². The molecule has 16 nitrogen and oxygen atoms in total. The van der Waals surface area contributed by atoms with E-state index in [-0.39, 0.29) is 0 Å². The van der Waals surface area contributed by atoms with Crippen LogP contribution in [0.4, 0.5) is 0 Å². The van der Waals surface area contributed by atoms with E-state index < -0.39 is 53.0 Å². The van der Waals surface area contributed by atoms with Gasteiger partial charge >= 0.3 is 15.6 Å². The molecule has 5 fully saturated rings. The molecule has 1 aliphatic heterocycles. The Kier molecular flexibility index (Phi) is 23.9. The van der Waals surface area contributed by atoms with Crippen LogP contribution in [0.25, 0.3) is 0 Å². The largest absolute Gasteiger partial charge is 0.472 e. The molecule has 5 atom stereocenters. The lowest BCUT2D eigenvalue weighted by molar-refractivity contribution is -0.279. The van der Waals surface area contributed by atoms with Gasteiger partial charge in [-0.1, -0.05) is 77.0 Å². The van der Waals surface area contributed by atoms with Crippen LogP contribution in [0.1, 0.15) is 128 Å². The Labute approximate surface area is 286 Å². The minimum atomic E-state index is -5.07. The zero-order valence-electron chi connectivity index (χ0n) is 28.4. The average molecular weight is 737 g/mol. The number of hydrogen-bond acceptors (Lipinski definition) is 12. The van der Waals surface area contributed by atoms with E-state index in [9.17, 15) is 24.4 Å². The maximum atomic E-state index is 10.6. The predicted octanol–water partition coefficient (Wildman–Crippen LogP) is 2.12. The molecule has 288 valence electrons. The van der Waals surface area contributed by atoms with E-state index in [0.717, 1.165) is 0 Å². The summed E-state index contributed by atoms with van der Waals surface area (Å²) in [5.41, 5.74) is 22.5. The lowest BCUT2D eigenvalue weighted by Gasteiger charge is -2.39. The van der Waals surface area contributed by atoms with Crippen LogP contribution in [0.2, 0.25) is 0 Å². The second kappa shape index (κ2) is 25.0. The normalized spacial score (nSPS) is 29.8. The molecule has 0 aromatic rings. The summed E-state index contributed by atoms with van der Waals surface area (Å²) in [5.74, 6) is 0. The van der Waals surface area contributed by atoms with Gasteiger partial charge in [0.2, 0.25) is 0 Å². The third kappa shape index (κ3) is 23.4. The zero-order chi connectivity index (χ0) is 36.2. The Morgan fingerprint density at radius 3 is 1.04 bits per heavy atom. The molecule has 0 aromatic heterocycles. The molecular weight excluding hydrogens is 670 g/mol. The first-order valence-electron chi connectivity index (χ1n) is 17.6. The first-order chi connectivity index (χ1) is 22.5. The third-order valence-corrected chi connectivity index (χ3v) is 9.88.